The van der Waals surface area contributed by atoms with Crippen LogP contribution in [-0.2, 0) is 4.79 Å². The van der Waals surface area contributed by atoms with Gasteiger partial charge < -0.3 is 10.0 Å². The fourth-order valence-electron chi connectivity index (χ4n) is 2.34. The molecule has 0 spiro atoms. The lowest BCUT2D eigenvalue weighted by molar-refractivity contribution is -0.138. The van der Waals surface area contributed by atoms with E-state index < -0.39 is 23.6 Å². The fourth-order valence-corrected chi connectivity index (χ4v) is 2.34. The Hall–Kier alpha value is -2.05. The molecule has 5 nitrogen and oxygen atoms in total. The van der Waals surface area contributed by atoms with Crippen molar-refractivity contribution in [1.82, 2.24) is 9.88 Å². The average Bonchev–Trinajstić information content (AvgIpc) is 2.41. The SMILES string of the molecule is O=C(O)CC1CCN(C(=O)c2ccnc(F)c2F)CC1. The van der Waals surface area contributed by atoms with Gasteiger partial charge in [0, 0.05) is 25.7 Å². The van der Waals surface area contributed by atoms with E-state index in [1.54, 1.807) is 0 Å². The first kappa shape index (κ1) is 14.4. The lowest BCUT2D eigenvalue weighted by Gasteiger charge is -2.31. The first-order valence-electron chi connectivity index (χ1n) is 6.30. The van der Waals surface area contributed by atoms with Crippen molar-refractivity contribution in [1.29, 1.82) is 0 Å². The summed E-state index contributed by atoms with van der Waals surface area (Å²) in [5.41, 5.74) is -0.339. The summed E-state index contributed by atoms with van der Waals surface area (Å²) in [5.74, 6) is -3.97. The second-order valence-electron chi connectivity index (χ2n) is 4.80. The van der Waals surface area contributed by atoms with Crippen LogP contribution in [0.2, 0.25) is 0 Å². The smallest absolute Gasteiger partial charge is 0.303 e. The van der Waals surface area contributed by atoms with Crippen molar-refractivity contribution >= 4 is 11.9 Å². The second-order valence-corrected chi connectivity index (χ2v) is 4.80. The zero-order valence-electron chi connectivity index (χ0n) is 10.7. The number of carbonyl (C=O) groups is 2. The van der Waals surface area contributed by atoms with Gasteiger partial charge in [0.05, 0.1) is 5.56 Å². The number of halogens is 2. The molecular formula is C13H14F2N2O3. The van der Waals surface area contributed by atoms with Gasteiger partial charge in [0.25, 0.3) is 5.91 Å². The molecule has 0 unspecified atom stereocenters. The Balaban J connectivity index is 2.02. The Labute approximate surface area is 114 Å². The molecular weight excluding hydrogens is 270 g/mol. The molecule has 108 valence electrons. The number of hydrogen-bond donors (Lipinski definition) is 1. The number of likely N-dealkylation sites (tertiary alicyclic amines) is 1. The minimum absolute atomic E-state index is 0.0237. The molecule has 1 fully saturated rings. The number of nitrogens with zero attached hydrogens (tertiary/aromatic N) is 2. The number of amides is 1. The number of carboxylic acid groups (broad SMARTS) is 1. The van der Waals surface area contributed by atoms with Crippen molar-refractivity contribution < 1.29 is 23.5 Å². The van der Waals surface area contributed by atoms with Crippen LogP contribution in [0.15, 0.2) is 12.3 Å². The summed E-state index contributed by atoms with van der Waals surface area (Å²) in [7, 11) is 0. The average molecular weight is 284 g/mol. The van der Waals surface area contributed by atoms with E-state index in [0.29, 0.717) is 25.9 Å². The highest BCUT2D eigenvalue weighted by atomic mass is 19.2. The minimum atomic E-state index is -1.29. The Bertz CT molecular complexity index is 528. The first-order valence-corrected chi connectivity index (χ1v) is 6.30. The Morgan fingerprint density at radius 1 is 1.35 bits per heavy atom. The molecule has 20 heavy (non-hydrogen) atoms. The van der Waals surface area contributed by atoms with Gasteiger partial charge in [-0.3, -0.25) is 9.59 Å². The maximum absolute atomic E-state index is 13.5. The molecule has 0 aromatic carbocycles. The Kier molecular flexibility index (Phi) is 4.26. The van der Waals surface area contributed by atoms with Crippen LogP contribution in [0, 0.1) is 17.7 Å². The number of hydrogen-bond acceptors (Lipinski definition) is 3. The van der Waals surface area contributed by atoms with Crippen molar-refractivity contribution in [3.8, 4) is 0 Å². The zero-order valence-corrected chi connectivity index (χ0v) is 10.7. The quantitative estimate of drug-likeness (QED) is 0.857. The number of aromatic nitrogens is 1. The number of carbonyl (C=O) groups excluding carboxylic acids is 1. The van der Waals surface area contributed by atoms with Crippen molar-refractivity contribution in [3.63, 3.8) is 0 Å². The van der Waals surface area contributed by atoms with Crippen LogP contribution in [0.25, 0.3) is 0 Å². The van der Waals surface area contributed by atoms with Gasteiger partial charge in [-0.05, 0) is 24.8 Å². The van der Waals surface area contributed by atoms with Gasteiger partial charge in [-0.15, -0.1) is 0 Å². The number of aliphatic carboxylic acids is 1. The number of carboxylic acids is 1. The largest absolute Gasteiger partial charge is 0.481 e. The molecule has 1 aliphatic heterocycles. The summed E-state index contributed by atoms with van der Waals surface area (Å²) in [6.07, 6.45) is 2.21. The Morgan fingerprint density at radius 2 is 2.00 bits per heavy atom. The molecule has 1 N–H and O–H groups in total. The van der Waals surface area contributed by atoms with Crippen LogP contribution in [0.5, 0.6) is 0 Å². The van der Waals surface area contributed by atoms with E-state index in [-0.39, 0.29) is 17.9 Å². The third-order valence-electron chi connectivity index (χ3n) is 3.44. The van der Waals surface area contributed by atoms with Crippen molar-refractivity contribution in [3.05, 3.63) is 29.6 Å². The molecule has 2 rings (SSSR count). The monoisotopic (exact) mass is 284 g/mol. The molecule has 0 saturated carbocycles. The van der Waals surface area contributed by atoms with Gasteiger partial charge in [-0.1, -0.05) is 0 Å². The van der Waals surface area contributed by atoms with E-state index in [2.05, 4.69) is 4.98 Å². The molecule has 1 aromatic rings. The third-order valence-corrected chi connectivity index (χ3v) is 3.44. The maximum atomic E-state index is 13.5. The summed E-state index contributed by atoms with van der Waals surface area (Å²) in [4.78, 5) is 27.2. The van der Waals surface area contributed by atoms with Gasteiger partial charge in [0.15, 0.2) is 5.82 Å². The van der Waals surface area contributed by atoms with Crippen molar-refractivity contribution in [2.24, 2.45) is 5.92 Å². The van der Waals surface area contributed by atoms with E-state index in [1.165, 1.54) is 4.90 Å². The molecule has 1 saturated heterocycles. The first-order chi connectivity index (χ1) is 9.49. The second kappa shape index (κ2) is 5.94. The standard InChI is InChI=1S/C13H14F2N2O3/c14-11-9(1-4-16-12(11)15)13(20)17-5-2-8(3-6-17)7-10(18)19/h1,4,8H,2-3,5-7H2,(H,18,19). The van der Waals surface area contributed by atoms with Gasteiger partial charge in [0.1, 0.15) is 0 Å². The van der Waals surface area contributed by atoms with Gasteiger partial charge in [-0.25, -0.2) is 9.37 Å². The molecule has 1 aromatic heterocycles. The lowest BCUT2D eigenvalue weighted by Crippen LogP contribution is -2.39. The van der Waals surface area contributed by atoms with E-state index in [4.69, 9.17) is 5.11 Å². The molecule has 2 heterocycles. The van der Waals surface area contributed by atoms with Crippen LogP contribution in [0.4, 0.5) is 8.78 Å². The number of rotatable bonds is 3. The number of piperidine rings is 1. The maximum Gasteiger partial charge on any atom is 0.303 e. The fraction of sp³-hybridized carbons (Fsp3) is 0.462. The van der Waals surface area contributed by atoms with Crippen molar-refractivity contribution in [2.75, 3.05) is 13.1 Å². The van der Waals surface area contributed by atoms with Gasteiger partial charge in [0.2, 0.25) is 5.95 Å². The molecule has 0 aliphatic carbocycles. The van der Waals surface area contributed by atoms with Crippen molar-refractivity contribution in [2.45, 2.75) is 19.3 Å². The van der Waals surface area contributed by atoms with E-state index in [9.17, 15) is 18.4 Å². The summed E-state index contributed by atoms with van der Waals surface area (Å²) >= 11 is 0. The summed E-state index contributed by atoms with van der Waals surface area (Å²) < 4.78 is 26.5. The highest BCUT2D eigenvalue weighted by Crippen LogP contribution is 2.22. The highest BCUT2D eigenvalue weighted by molar-refractivity contribution is 5.94. The molecule has 0 bridgehead atoms. The summed E-state index contributed by atoms with van der Waals surface area (Å²) in [6.45, 7) is 0.695. The van der Waals surface area contributed by atoms with Crippen LogP contribution >= 0.6 is 0 Å². The topological polar surface area (TPSA) is 70.5 Å². The molecule has 1 aliphatic rings. The van der Waals surface area contributed by atoms with Gasteiger partial charge in [-0.2, -0.15) is 4.39 Å². The predicted molar refractivity (Wildman–Crippen MR) is 65.0 cm³/mol. The third kappa shape index (κ3) is 3.09. The predicted octanol–water partition coefficient (Wildman–Crippen LogP) is 1.69. The van der Waals surface area contributed by atoms with Crippen LogP contribution < -0.4 is 0 Å². The Morgan fingerprint density at radius 3 is 2.60 bits per heavy atom. The van der Waals surface area contributed by atoms with E-state index >= 15 is 0 Å². The van der Waals surface area contributed by atoms with Gasteiger partial charge >= 0.3 is 5.97 Å². The van der Waals surface area contributed by atoms with Crippen LogP contribution in [0.3, 0.4) is 0 Å². The summed E-state index contributed by atoms with van der Waals surface area (Å²) in [6, 6.07) is 1.14. The van der Waals surface area contributed by atoms with E-state index in [0.717, 1.165) is 12.3 Å². The van der Waals surface area contributed by atoms with E-state index in [1.807, 2.05) is 0 Å². The highest BCUT2D eigenvalue weighted by Gasteiger charge is 2.27. The minimum Gasteiger partial charge on any atom is -0.481 e. The van der Waals surface area contributed by atoms with Crippen LogP contribution in [0.1, 0.15) is 29.6 Å². The van der Waals surface area contributed by atoms with Crippen LogP contribution in [-0.4, -0.2) is 40.0 Å². The molecule has 1 amide bonds. The molecule has 0 atom stereocenters. The normalized spacial score (nSPS) is 16.2. The molecule has 7 heteroatoms. The zero-order chi connectivity index (χ0) is 14.7. The summed E-state index contributed by atoms with van der Waals surface area (Å²) in [5, 5.41) is 8.71. The number of pyridine rings is 1. The lowest BCUT2D eigenvalue weighted by atomic mass is 9.93. The molecule has 0 radical (unpaired) electrons.